The van der Waals surface area contributed by atoms with Crippen LogP contribution in [0.15, 0.2) is 24.3 Å². The highest BCUT2D eigenvalue weighted by atomic mass is 32.1. The second-order valence-corrected chi connectivity index (χ2v) is 7.01. The quantitative estimate of drug-likeness (QED) is 0.819. The first kappa shape index (κ1) is 15.7. The molecule has 1 aromatic rings. The zero-order valence-electron chi connectivity index (χ0n) is 13.2. The highest BCUT2D eigenvalue weighted by Crippen LogP contribution is 2.35. The first-order chi connectivity index (χ1) is 10.7. The lowest BCUT2D eigenvalue weighted by molar-refractivity contribution is 0.303. The van der Waals surface area contributed by atoms with Gasteiger partial charge in [0.05, 0.1) is 6.04 Å². The molecular formula is C18H25FN2S. The third kappa shape index (κ3) is 3.60. The summed E-state index contributed by atoms with van der Waals surface area (Å²) in [6, 6.07) is 8.00. The van der Waals surface area contributed by atoms with E-state index in [4.69, 9.17) is 12.2 Å². The van der Waals surface area contributed by atoms with Gasteiger partial charge in [-0.3, -0.25) is 0 Å². The molecule has 22 heavy (non-hydrogen) atoms. The third-order valence-corrected chi connectivity index (χ3v) is 5.21. The summed E-state index contributed by atoms with van der Waals surface area (Å²) in [7, 11) is 0. The minimum Gasteiger partial charge on any atom is -0.360 e. The molecule has 2 saturated carbocycles. The van der Waals surface area contributed by atoms with Crippen LogP contribution in [-0.2, 0) is 0 Å². The van der Waals surface area contributed by atoms with Crippen LogP contribution in [0, 0.1) is 5.82 Å². The van der Waals surface area contributed by atoms with Crippen molar-refractivity contribution in [1.29, 1.82) is 0 Å². The van der Waals surface area contributed by atoms with Crippen molar-refractivity contribution in [3.05, 3.63) is 35.6 Å². The first-order valence-electron chi connectivity index (χ1n) is 8.50. The molecule has 2 nitrogen and oxygen atoms in total. The minimum atomic E-state index is -0.138. The Morgan fingerprint density at radius 1 is 1.18 bits per heavy atom. The van der Waals surface area contributed by atoms with Crippen LogP contribution >= 0.6 is 12.2 Å². The van der Waals surface area contributed by atoms with Gasteiger partial charge in [0.2, 0.25) is 0 Å². The zero-order valence-corrected chi connectivity index (χ0v) is 14.0. The first-order valence-corrected chi connectivity index (χ1v) is 8.91. The number of benzene rings is 1. The van der Waals surface area contributed by atoms with Crippen molar-refractivity contribution in [3.63, 3.8) is 0 Å². The Labute approximate surface area is 138 Å². The van der Waals surface area contributed by atoms with E-state index in [0.29, 0.717) is 12.1 Å². The van der Waals surface area contributed by atoms with Gasteiger partial charge < -0.3 is 10.2 Å². The fourth-order valence-electron chi connectivity index (χ4n) is 3.47. The van der Waals surface area contributed by atoms with E-state index in [9.17, 15) is 4.39 Å². The largest absolute Gasteiger partial charge is 0.360 e. The Bertz CT molecular complexity index is 524. The number of rotatable bonds is 4. The van der Waals surface area contributed by atoms with Crippen molar-refractivity contribution in [1.82, 2.24) is 10.2 Å². The molecular weight excluding hydrogens is 295 g/mol. The summed E-state index contributed by atoms with van der Waals surface area (Å²) >= 11 is 5.68. The van der Waals surface area contributed by atoms with Gasteiger partial charge in [0.1, 0.15) is 5.82 Å². The smallest absolute Gasteiger partial charge is 0.169 e. The predicted octanol–water partition coefficient (Wildman–Crippen LogP) is 4.56. The lowest BCUT2D eigenvalue weighted by Crippen LogP contribution is -2.47. The van der Waals surface area contributed by atoms with E-state index in [1.165, 1.54) is 38.2 Å². The predicted molar refractivity (Wildman–Crippen MR) is 92.3 cm³/mol. The highest BCUT2D eigenvalue weighted by Gasteiger charge is 2.35. The van der Waals surface area contributed by atoms with Crippen molar-refractivity contribution in [2.45, 2.75) is 70.0 Å². The Morgan fingerprint density at radius 2 is 1.86 bits per heavy atom. The second kappa shape index (κ2) is 6.95. The van der Waals surface area contributed by atoms with Crippen molar-refractivity contribution < 1.29 is 4.39 Å². The van der Waals surface area contributed by atoms with Crippen molar-refractivity contribution in [2.75, 3.05) is 0 Å². The van der Waals surface area contributed by atoms with Crippen molar-refractivity contribution in [2.24, 2.45) is 0 Å². The number of thiocarbonyl (C=S) groups is 1. The molecule has 2 aliphatic rings. The monoisotopic (exact) mass is 320 g/mol. The molecule has 120 valence electrons. The number of hydrogen-bond donors (Lipinski definition) is 1. The molecule has 0 saturated heterocycles. The lowest BCUT2D eigenvalue weighted by atomic mass is 9.96. The highest BCUT2D eigenvalue weighted by molar-refractivity contribution is 7.80. The molecule has 0 aliphatic heterocycles. The third-order valence-electron chi connectivity index (χ3n) is 4.88. The van der Waals surface area contributed by atoms with Gasteiger partial charge in [-0.1, -0.05) is 37.5 Å². The van der Waals surface area contributed by atoms with Crippen molar-refractivity contribution in [3.8, 4) is 0 Å². The van der Waals surface area contributed by atoms with Gasteiger partial charge in [0.15, 0.2) is 5.11 Å². The molecule has 4 heteroatoms. The van der Waals surface area contributed by atoms with E-state index in [1.807, 2.05) is 12.1 Å². The van der Waals surface area contributed by atoms with Gasteiger partial charge in [0.25, 0.3) is 0 Å². The molecule has 2 fully saturated rings. The fraction of sp³-hybridized carbons (Fsp3) is 0.611. The summed E-state index contributed by atoms with van der Waals surface area (Å²) in [5, 5.41) is 4.36. The van der Waals surface area contributed by atoms with Crippen LogP contribution in [0.3, 0.4) is 0 Å². The van der Waals surface area contributed by atoms with E-state index in [0.717, 1.165) is 23.5 Å². The summed E-state index contributed by atoms with van der Waals surface area (Å²) in [4.78, 5) is 2.22. The molecule has 3 rings (SSSR count). The molecule has 0 spiro atoms. The minimum absolute atomic E-state index is 0.0164. The average Bonchev–Trinajstić information content (AvgIpc) is 3.33. The summed E-state index contributed by atoms with van der Waals surface area (Å²) in [5.41, 5.74) is 0.738. The molecule has 1 N–H and O–H groups in total. The molecule has 0 amide bonds. The van der Waals surface area contributed by atoms with Gasteiger partial charge in [-0.2, -0.15) is 0 Å². The van der Waals surface area contributed by atoms with Crippen molar-refractivity contribution >= 4 is 17.3 Å². The van der Waals surface area contributed by atoms with E-state index in [1.54, 1.807) is 6.07 Å². The number of nitrogens with one attached hydrogen (secondary N) is 1. The van der Waals surface area contributed by atoms with Crippen LogP contribution in [-0.4, -0.2) is 22.1 Å². The van der Waals surface area contributed by atoms with Gasteiger partial charge in [-0.15, -0.1) is 0 Å². The number of halogens is 1. The molecule has 2 aliphatic carbocycles. The van der Waals surface area contributed by atoms with E-state index < -0.39 is 0 Å². The Morgan fingerprint density at radius 3 is 2.50 bits per heavy atom. The van der Waals surface area contributed by atoms with Gasteiger partial charge in [0, 0.05) is 17.6 Å². The molecule has 0 aromatic heterocycles. The molecule has 0 heterocycles. The molecule has 1 atom stereocenters. The number of nitrogens with zero attached hydrogens (tertiary/aromatic N) is 1. The summed E-state index contributed by atoms with van der Waals surface area (Å²) in [5.74, 6) is -0.138. The molecule has 1 aromatic carbocycles. The van der Waals surface area contributed by atoms with Gasteiger partial charge in [-0.05, 0) is 50.9 Å². The molecule has 0 radical (unpaired) electrons. The van der Waals surface area contributed by atoms with Crippen LogP contribution in [0.4, 0.5) is 4.39 Å². The Balaban J connectivity index is 1.71. The number of hydrogen-bond acceptors (Lipinski definition) is 1. The van der Waals surface area contributed by atoms with Crippen LogP contribution in [0.1, 0.15) is 63.5 Å². The Hall–Kier alpha value is -1.16. The van der Waals surface area contributed by atoms with E-state index >= 15 is 0 Å². The maximum Gasteiger partial charge on any atom is 0.169 e. The lowest BCUT2D eigenvalue weighted by Gasteiger charge is -2.35. The van der Waals surface area contributed by atoms with E-state index in [-0.39, 0.29) is 11.9 Å². The SMILES string of the molecule is C[C@@H](c1ccccc1F)N(C(=S)NC1CCCCC1)C1CC1. The van der Waals surface area contributed by atoms with Gasteiger partial charge >= 0.3 is 0 Å². The van der Waals surface area contributed by atoms with E-state index in [2.05, 4.69) is 17.1 Å². The Kier molecular flexibility index (Phi) is 4.97. The topological polar surface area (TPSA) is 15.3 Å². The maximum atomic E-state index is 14.1. The van der Waals surface area contributed by atoms with Crippen LogP contribution < -0.4 is 5.32 Å². The average molecular weight is 320 g/mol. The zero-order chi connectivity index (χ0) is 15.5. The van der Waals surface area contributed by atoms with Crippen LogP contribution in [0.2, 0.25) is 0 Å². The maximum absolute atomic E-state index is 14.1. The molecule has 0 unspecified atom stereocenters. The fourth-order valence-corrected chi connectivity index (χ4v) is 3.94. The molecule has 0 bridgehead atoms. The van der Waals surface area contributed by atoms with Crippen LogP contribution in [0.5, 0.6) is 0 Å². The summed E-state index contributed by atoms with van der Waals surface area (Å²) < 4.78 is 14.1. The normalized spacial score (nSPS) is 20.5. The standard InChI is InChI=1S/C18H25FN2S/c1-13(16-9-5-6-10-17(16)19)21(15-11-12-15)18(22)20-14-7-3-2-4-8-14/h5-6,9-10,13-15H,2-4,7-8,11-12H2,1H3,(H,20,22)/t13-/m0/s1. The van der Waals surface area contributed by atoms with Gasteiger partial charge in [-0.25, -0.2) is 4.39 Å². The second-order valence-electron chi connectivity index (χ2n) is 6.62. The van der Waals surface area contributed by atoms with Crippen LogP contribution in [0.25, 0.3) is 0 Å². The summed E-state index contributed by atoms with van der Waals surface area (Å²) in [6.07, 6.45) is 8.62. The summed E-state index contributed by atoms with van der Waals surface area (Å²) in [6.45, 7) is 2.06.